The number of rotatable bonds is 16. The molecule has 2 atom stereocenters. The normalized spacial score (nSPS) is 14.9. The van der Waals surface area contributed by atoms with E-state index in [2.05, 4.69) is 13.8 Å². The van der Waals surface area contributed by atoms with Gasteiger partial charge >= 0.3 is 0 Å². The van der Waals surface area contributed by atoms with Crippen molar-refractivity contribution in [2.75, 3.05) is 12.4 Å². The molecule has 2 unspecified atom stereocenters. The Morgan fingerprint density at radius 2 is 1.26 bits per heavy atom. The van der Waals surface area contributed by atoms with Crippen molar-refractivity contribution in [1.82, 2.24) is 0 Å². The van der Waals surface area contributed by atoms with Gasteiger partial charge in [-0.25, -0.2) is 0 Å². The second-order valence-corrected chi connectivity index (χ2v) is 15.0. The van der Waals surface area contributed by atoms with Crippen molar-refractivity contribution in [3.63, 3.8) is 0 Å². The molecule has 0 amide bonds. The summed E-state index contributed by atoms with van der Waals surface area (Å²) in [6.07, 6.45) is 14.7. The summed E-state index contributed by atoms with van der Waals surface area (Å²) in [6, 6.07) is 0. The SMILES string of the molecule is CCCCCCCCOP(O)(=S)S(=S)CCCCCCCC.[Zn]. The molecular formula is C16H35O2PS3Zn. The van der Waals surface area contributed by atoms with Crippen molar-refractivity contribution in [1.29, 1.82) is 0 Å². The van der Waals surface area contributed by atoms with Gasteiger partial charge in [-0.05, 0) is 44.9 Å². The third kappa shape index (κ3) is 17.0. The van der Waals surface area contributed by atoms with Gasteiger partial charge in [0.2, 0.25) is 5.69 Å². The Kier molecular flexibility index (Phi) is 21.8. The first-order chi connectivity index (χ1) is 10.5. The van der Waals surface area contributed by atoms with Crippen LogP contribution in [0.25, 0.3) is 0 Å². The molecule has 0 aliphatic carbocycles. The van der Waals surface area contributed by atoms with Crippen molar-refractivity contribution >= 4 is 37.8 Å². The molecule has 0 rings (SSSR count). The Balaban J connectivity index is 0. The van der Waals surface area contributed by atoms with E-state index in [-0.39, 0.29) is 19.5 Å². The smallest absolute Gasteiger partial charge is 0.248 e. The minimum Gasteiger partial charge on any atom is -0.337 e. The largest absolute Gasteiger partial charge is 0.337 e. The predicted molar refractivity (Wildman–Crippen MR) is 109 cm³/mol. The monoisotopic (exact) mass is 450 g/mol. The van der Waals surface area contributed by atoms with E-state index >= 15 is 0 Å². The Morgan fingerprint density at radius 3 is 1.78 bits per heavy atom. The van der Waals surface area contributed by atoms with Crippen LogP contribution >= 0.6 is 5.69 Å². The topological polar surface area (TPSA) is 29.5 Å². The molecule has 23 heavy (non-hydrogen) atoms. The molecule has 0 spiro atoms. The fourth-order valence-corrected chi connectivity index (χ4v) is 6.69. The van der Waals surface area contributed by atoms with Gasteiger partial charge < -0.3 is 9.42 Å². The summed E-state index contributed by atoms with van der Waals surface area (Å²) in [5.74, 6) is 0.853. The quantitative estimate of drug-likeness (QED) is 0.176. The fraction of sp³-hybridized carbons (Fsp3) is 1.00. The van der Waals surface area contributed by atoms with Crippen LogP contribution in [0, 0.1) is 0 Å². The average Bonchev–Trinajstić information content (AvgIpc) is 2.49. The van der Waals surface area contributed by atoms with E-state index in [1.807, 2.05) is 0 Å². The van der Waals surface area contributed by atoms with Gasteiger partial charge in [0.25, 0.3) is 0 Å². The van der Waals surface area contributed by atoms with Gasteiger partial charge in [0.15, 0.2) is 0 Å². The van der Waals surface area contributed by atoms with Gasteiger partial charge in [-0.1, -0.05) is 78.1 Å². The molecule has 0 aromatic heterocycles. The van der Waals surface area contributed by atoms with Gasteiger partial charge in [0.1, 0.15) is 0 Å². The molecule has 0 aromatic carbocycles. The van der Waals surface area contributed by atoms with E-state index in [0.29, 0.717) is 6.61 Å². The molecule has 136 valence electrons. The van der Waals surface area contributed by atoms with Gasteiger partial charge in [-0.3, -0.25) is 0 Å². The number of hydrogen-bond donors (Lipinski definition) is 1. The zero-order valence-electron chi connectivity index (χ0n) is 15.1. The number of unbranched alkanes of at least 4 members (excludes halogenated alkanes) is 10. The van der Waals surface area contributed by atoms with Crippen LogP contribution in [0.15, 0.2) is 0 Å². The molecule has 1 N–H and O–H groups in total. The van der Waals surface area contributed by atoms with Crippen LogP contribution in [0.5, 0.6) is 0 Å². The molecule has 0 saturated carbocycles. The molecule has 0 aliphatic heterocycles. The Labute approximate surface area is 169 Å². The van der Waals surface area contributed by atoms with Crippen LogP contribution in [-0.4, -0.2) is 17.3 Å². The molecule has 0 fully saturated rings. The first-order valence-electron chi connectivity index (χ1n) is 8.91. The van der Waals surface area contributed by atoms with Crippen LogP contribution in [-0.2, 0) is 56.1 Å². The summed E-state index contributed by atoms with van der Waals surface area (Å²) in [4.78, 5) is 10.3. The number of hydrogen-bond acceptors (Lipinski definition) is 3. The third-order valence-electron chi connectivity index (χ3n) is 3.68. The van der Waals surface area contributed by atoms with Crippen LogP contribution in [0.1, 0.15) is 90.9 Å². The van der Waals surface area contributed by atoms with Crippen LogP contribution in [0.4, 0.5) is 0 Å². The zero-order chi connectivity index (χ0) is 16.7. The molecule has 0 saturated heterocycles. The molecule has 0 aliphatic rings. The van der Waals surface area contributed by atoms with E-state index in [9.17, 15) is 4.89 Å². The summed E-state index contributed by atoms with van der Waals surface area (Å²) in [5, 5.41) is 0. The zero-order valence-corrected chi connectivity index (χ0v) is 21.4. The Bertz CT molecular complexity index is 330. The first-order valence-corrected chi connectivity index (χ1v) is 14.5. The summed E-state index contributed by atoms with van der Waals surface area (Å²) in [6.45, 7) is 5.03. The van der Waals surface area contributed by atoms with E-state index < -0.39 is 14.8 Å². The molecule has 0 aromatic rings. The molecule has 7 heteroatoms. The second-order valence-electron chi connectivity index (χ2n) is 5.86. The van der Waals surface area contributed by atoms with Crippen LogP contribution in [0.3, 0.4) is 0 Å². The van der Waals surface area contributed by atoms with E-state index in [4.69, 9.17) is 27.5 Å². The van der Waals surface area contributed by atoms with Crippen LogP contribution < -0.4 is 0 Å². The molecule has 0 heterocycles. The average molecular weight is 452 g/mol. The van der Waals surface area contributed by atoms with Gasteiger partial charge in [0.05, 0.1) is 6.61 Å². The minimum absolute atomic E-state index is 0. The van der Waals surface area contributed by atoms with Crippen molar-refractivity contribution in [3.05, 3.63) is 0 Å². The van der Waals surface area contributed by atoms with E-state index in [1.54, 1.807) is 0 Å². The van der Waals surface area contributed by atoms with E-state index in [0.717, 1.165) is 25.0 Å². The summed E-state index contributed by atoms with van der Waals surface area (Å²) in [7, 11) is -0.555. The Morgan fingerprint density at radius 1 is 0.826 bits per heavy atom. The van der Waals surface area contributed by atoms with Crippen molar-refractivity contribution < 1.29 is 28.9 Å². The van der Waals surface area contributed by atoms with Crippen LogP contribution in [0.2, 0.25) is 0 Å². The fourth-order valence-electron chi connectivity index (χ4n) is 2.24. The maximum absolute atomic E-state index is 10.3. The molecular weight excluding hydrogens is 417 g/mol. The third-order valence-corrected chi connectivity index (χ3v) is 12.9. The minimum atomic E-state index is -2.73. The molecule has 2 nitrogen and oxygen atoms in total. The van der Waals surface area contributed by atoms with Crippen molar-refractivity contribution in [3.8, 4) is 0 Å². The first kappa shape index (κ1) is 27.0. The van der Waals surface area contributed by atoms with Gasteiger partial charge in [-0.2, -0.15) is 0 Å². The van der Waals surface area contributed by atoms with Crippen molar-refractivity contribution in [2.24, 2.45) is 0 Å². The standard InChI is InChI=1S/C16H35O2PS3.Zn/c1-3-5-7-9-11-13-15-18-19(17,20)22(21)16-14-12-10-8-6-4-2;/h3-16H2,1-2H3,(H,17,20);. The van der Waals surface area contributed by atoms with E-state index in [1.165, 1.54) is 57.8 Å². The molecule has 0 bridgehead atoms. The predicted octanol–water partition coefficient (Wildman–Crippen LogP) is 6.02. The summed E-state index contributed by atoms with van der Waals surface area (Å²) < 4.78 is 5.58. The Hall–Kier alpha value is 1.76. The van der Waals surface area contributed by atoms with Gasteiger partial charge in [-0.15, -0.1) is 0 Å². The maximum atomic E-state index is 10.3. The summed E-state index contributed by atoms with van der Waals surface area (Å²) in [5.41, 5.74) is -2.73. The maximum Gasteiger partial charge on any atom is 0.248 e. The summed E-state index contributed by atoms with van der Waals surface area (Å²) >= 11 is 10.7. The molecule has 0 radical (unpaired) electrons. The van der Waals surface area contributed by atoms with Gasteiger partial charge in [0, 0.05) is 25.2 Å². The second kappa shape index (κ2) is 18.6. The van der Waals surface area contributed by atoms with Crippen molar-refractivity contribution in [2.45, 2.75) is 90.9 Å².